The van der Waals surface area contributed by atoms with Crippen molar-refractivity contribution in [2.45, 2.75) is 24.8 Å². The quantitative estimate of drug-likeness (QED) is 0.354. The van der Waals surface area contributed by atoms with Gasteiger partial charge in [0.1, 0.15) is 0 Å². The van der Waals surface area contributed by atoms with Crippen LogP contribution in [0.3, 0.4) is 0 Å². The Morgan fingerprint density at radius 1 is 0.969 bits per heavy atom. The highest BCUT2D eigenvalue weighted by Gasteiger charge is 2.19. The number of hydrogen-bond acceptors (Lipinski definition) is 4. The zero-order valence-electron chi connectivity index (χ0n) is 17.3. The van der Waals surface area contributed by atoms with E-state index < -0.39 is 11.6 Å². The summed E-state index contributed by atoms with van der Waals surface area (Å²) in [5.74, 6) is -1.22. The van der Waals surface area contributed by atoms with Crippen molar-refractivity contribution >= 4 is 28.4 Å². The molecule has 0 aliphatic heterocycles. The maximum atomic E-state index is 14.1. The molecule has 0 spiro atoms. The van der Waals surface area contributed by atoms with Crippen LogP contribution in [0.15, 0.2) is 70.6 Å². The predicted octanol–water partition coefficient (Wildman–Crippen LogP) is 5.22. The fourth-order valence-electron chi connectivity index (χ4n) is 3.85. The Hall–Kier alpha value is -3.52. The lowest BCUT2D eigenvalue weighted by Crippen LogP contribution is -2.22. The van der Waals surface area contributed by atoms with Gasteiger partial charge in [0, 0.05) is 11.3 Å². The lowest BCUT2D eigenvalue weighted by molar-refractivity contribution is 0.502. The van der Waals surface area contributed by atoms with Crippen LogP contribution in [-0.4, -0.2) is 19.2 Å². The standard InChI is InChI=1S/C24H18F2N4OS/c1-14-10-11-19(15(2)12-14)29-22(31)17-7-3-4-9-20(17)30-23(29)27-28-24(30)32-13-16-6-5-8-18(25)21(16)26/h3-12H,13H2,1-2H3. The molecule has 0 radical (unpaired) electrons. The molecule has 0 aliphatic carbocycles. The number of halogens is 2. The summed E-state index contributed by atoms with van der Waals surface area (Å²) in [4.78, 5) is 13.4. The van der Waals surface area contributed by atoms with Crippen LogP contribution >= 0.6 is 11.8 Å². The van der Waals surface area contributed by atoms with E-state index in [1.807, 2.05) is 44.2 Å². The number of benzene rings is 3. The number of aromatic nitrogens is 4. The lowest BCUT2D eigenvalue weighted by Gasteiger charge is -2.13. The molecule has 5 nitrogen and oxygen atoms in total. The van der Waals surface area contributed by atoms with E-state index in [4.69, 9.17) is 0 Å². The van der Waals surface area contributed by atoms with Crippen LogP contribution < -0.4 is 5.56 Å². The summed E-state index contributed by atoms with van der Waals surface area (Å²) in [6, 6.07) is 17.2. The highest BCUT2D eigenvalue weighted by Crippen LogP contribution is 2.27. The van der Waals surface area contributed by atoms with Crippen LogP contribution in [0.1, 0.15) is 16.7 Å². The molecular formula is C24H18F2N4OS. The van der Waals surface area contributed by atoms with Crippen LogP contribution in [0, 0.1) is 25.5 Å². The summed E-state index contributed by atoms with van der Waals surface area (Å²) >= 11 is 1.23. The number of fused-ring (bicyclic) bond motifs is 3. The number of aryl methyl sites for hydroxylation is 2. The second-order valence-electron chi connectivity index (χ2n) is 7.57. The molecule has 3 aromatic carbocycles. The Labute approximate surface area is 186 Å². The largest absolute Gasteiger partial charge is 0.268 e. The third-order valence-corrected chi connectivity index (χ3v) is 6.35. The van der Waals surface area contributed by atoms with Crippen molar-refractivity contribution in [1.29, 1.82) is 0 Å². The van der Waals surface area contributed by atoms with E-state index in [1.165, 1.54) is 17.8 Å². The molecule has 5 rings (SSSR count). The van der Waals surface area contributed by atoms with Crippen molar-refractivity contribution < 1.29 is 8.78 Å². The van der Waals surface area contributed by atoms with E-state index in [0.29, 0.717) is 21.8 Å². The average Bonchev–Trinajstić information content (AvgIpc) is 3.20. The summed E-state index contributed by atoms with van der Waals surface area (Å²) in [5.41, 5.74) is 3.44. The number of thioether (sulfide) groups is 1. The number of hydrogen-bond donors (Lipinski definition) is 0. The third kappa shape index (κ3) is 3.27. The molecule has 8 heteroatoms. The van der Waals surface area contributed by atoms with E-state index >= 15 is 0 Å². The molecule has 5 aromatic rings. The molecule has 32 heavy (non-hydrogen) atoms. The fourth-order valence-corrected chi connectivity index (χ4v) is 4.76. The van der Waals surface area contributed by atoms with Crippen LogP contribution in [0.25, 0.3) is 22.4 Å². The zero-order valence-corrected chi connectivity index (χ0v) is 18.2. The minimum atomic E-state index is -0.886. The minimum absolute atomic E-state index is 0.168. The highest BCUT2D eigenvalue weighted by atomic mass is 32.2. The maximum absolute atomic E-state index is 14.1. The third-order valence-electron chi connectivity index (χ3n) is 5.38. The van der Waals surface area contributed by atoms with Gasteiger partial charge in [0.05, 0.1) is 16.6 Å². The maximum Gasteiger partial charge on any atom is 0.267 e. The van der Waals surface area contributed by atoms with Gasteiger partial charge in [-0.05, 0) is 43.7 Å². The highest BCUT2D eigenvalue weighted by molar-refractivity contribution is 7.98. The SMILES string of the molecule is Cc1ccc(-n2c(=O)c3ccccc3n3c(SCc4cccc(F)c4F)nnc23)c(C)c1. The monoisotopic (exact) mass is 448 g/mol. The Bertz CT molecular complexity index is 1560. The Kier molecular flexibility index (Phi) is 5.01. The summed E-state index contributed by atoms with van der Waals surface area (Å²) in [5, 5.41) is 9.59. The molecule has 2 aromatic heterocycles. The normalized spacial score (nSPS) is 11.5. The molecule has 0 bridgehead atoms. The Morgan fingerprint density at radius 3 is 2.59 bits per heavy atom. The van der Waals surface area contributed by atoms with Crippen LogP contribution in [-0.2, 0) is 5.75 Å². The average molecular weight is 448 g/mol. The first-order chi connectivity index (χ1) is 15.5. The summed E-state index contributed by atoms with van der Waals surface area (Å²) < 4.78 is 31.1. The first-order valence-corrected chi connectivity index (χ1v) is 11.0. The van der Waals surface area contributed by atoms with Gasteiger partial charge in [0.15, 0.2) is 16.8 Å². The van der Waals surface area contributed by atoms with Crippen molar-refractivity contribution in [3.05, 3.63) is 99.3 Å². The smallest absolute Gasteiger partial charge is 0.267 e. The zero-order chi connectivity index (χ0) is 22.4. The van der Waals surface area contributed by atoms with E-state index in [1.54, 1.807) is 27.2 Å². The van der Waals surface area contributed by atoms with E-state index in [2.05, 4.69) is 10.2 Å². The van der Waals surface area contributed by atoms with Gasteiger partial charge in [0.2, 0.25) is 5.78 Å². The summed E-state index contributed by atoms with van der Waals surface area (Å²) in [6.07, 6.45) is 0. The van der Waals surface area contributed by atoms with Crippen molar-refractivity contribution in [1.82, 2.24) is 19.2 Å². The summed E-state index contributed by atoms with van der Waals surface area (Å²) in [7, 11) is 0. The number of para-hydroxylation sites is 1. The summed E-state index contributed by atoms with van der Waals surface area (Å²) in [6.45, 7) is 3.94. The van der Waals surface area contributed by atoms with Gasteiger partial charge in [-0.1, -0.05) is 53.7 Å². The first kappa shape index (κ1) is 20.4. The molecule has 0 unspecified atom stereocenters. The van der Waals surface area contributed by atoms with Gasteiger partial charge in [-0.15, -0.1) is 10.2 Å². The second kappa shape index (κ2) is 7.87. The van der Waals surface area contributed by atoms with Gasteiger partial charge in [-0.2, -0.15) is 0 Å². The van der Waals surface area contributed by atoms with E-state index in [0.717, 1.165) is 22.9 Å². The molecule has 0 fully saturated rings. The molecule has 2 heterocycles. The van der Waals surface area contributed by atoms with Crippen molar-refractivity contribution in [3.63, 3.8) is 0 Å². The molecule has 0 amide bonds. The molecule has 0 N–H and O–H groups in total. The van der Waals surface area contributed by atoms with E-state index in [9.17, 15) is 13.6 Å². The van der Waals surface area contributed by atoms with Crippen LogP contribution in [0.2, 0.25) is 0 Å². The Balaban J connectivity index is 1.73. The van der Waals surface area contributed by atoms with Gasteiger partial charge in [0.25, 0.3) is 5.56 Å². The van der Waals surface area contributed by atoms with Gasteiger partial charge < -0.3 is 0 Å². The molecule has 0 aliphatic rings. The topological polar surface area (TPSA) is 52.2 Å². The molecule has 160 valence electrons. The van der Waals surface area contributed by atoms with Crippen LogP contribution in [0.4, 0.5) is 8.78 Å². The first-order valence-electron chi connectivity index (χ1n) is 9.98. The Morgan fingerprint density at radius 2 is 1.78 bits per heavy atom. The molecule has 0 saturated carbocycles. The number of rotatable bonds is 4. The van der Waals surface area contributed by atoms with Gasteiger partial charge in [-0.3, -0.25) is 9.20 Å². The second-order valence-corrected chi connectivity index (χ2v) is 8.51. The number of nitrogens with zero attached hydrogens (tertiary/aromatic N) is 4. The van der Waals surface area contributed by atoms with Crippen molar-refractivity contribution in [3.8, 4) is 5.69 Å². The molecule has 0 atom stereocenters. The lowest BCUT2D eigenvalue weighted by atomic mass is 10.1. The van der Waals surface area contributed by atoms with Crippen molar-refractivity contribution in [2.24, 2.45) is 0 Å². The molecular weight excluding hydrogens is 430 g/mol. The van der Waals surface area contributed by atoms with Gasteiger partial charge in [-0.25, -0.2) is 13.3 Å². The van der Waals surface area contributed by atoms with Crippen molar-refractivity contribution in [2.75, 3.05) is 0 Å². The van der Waals surface area contributed by atoms with E-state index in [-0.39, 0.29) is 16.9 Å². The fraction of sp³-hybridized carbons (Fsp3) is 0.125. The van der Waals surface area contributed by atoms with Gasteiger partial charge >= 0.3 is 0 Å². The minimum Gasteiger partial charge on any atom is -0.268 e. The van der Waals surface area contributed by atoms with Crippen LogP contribution in [0.5, 0.6) is 0 Å². The predicted molar refractivity (Wildman–Crippen MR) is 121 cm³/mol. The molecule has 0 saturated heterocycles.